The summed E-state index contributed by atoms with van der Waals surface area (Å²) in [5.41, 5.74) is 6.53. The maximum Gasteiger partial charge on any atom is 0.262 e. The van der Waals surface area contributed by atoms with E-state index in [4.69, 9.17) is 10.5 Å². The minimum absolute atomic E-state index is 0.170. The number of nitrogens with two attached hydrogens (primary N) is 1. The first kappa shape index (κ1) is 18.6. The van der Waals surface area contributed by atoms with Crippen molar-refractivity contribution in [1.29, 1.82) is 0 Å². The number of primary amides is 1. The topological polar surface area (TPSA) is 89.7 Å². The molecule has 1 aliphatic rings. The first-order chi connectivity index (χ1) is 12.8. The zero-order valence-corrected chi connectivity index (χ0v) is 14.9. The lowest BCUT2D eigenvalue weighted by Gasteiger charge is -2.26. The Hall–Kier alpha value is -3.22. The van der Waals surface area contributed by atoms with Crippen LogP contribution < -0.4 is 10.5 Å². The number of carbonyl (C=O) groups is 3. The Kier molecular flexibility index (Phi) is 4.94. The fourth-order valence-corrected chi connectivity index (χ4v) is 3.08. The molecule has 1 heterocycles. The van der Waals surface area contributed by atoms with Gasteiger partial charge in [-0.3, -0.25) is 19.3 Å². The molecule has 140 valence electrons. The third-order valence-electron chi connectivity index (χ3n) is 4.41. The van der Waals surface area contributed by atoms with E-state index < -0.39 is 23.8 Å². The van der Waals surface area contributed by atoms with Gasteiger partial charge in [-0.15, -0.1) is 0 Å². The second kappa shape index (κ2) is 7.19. The lowest BCUT2D eigenvalue weighted by atomic mass is 10.0. The average molecular weight is 370 g/mol. The van der Waals surface area contributed by atoms with Crippen molar-refractivity contribution >= 4 is 17.7 Å². The van der Waals surface area contributed by atoms with Gasteiger partial charge in [0.05, 0.1) is 11.1 Å². The molecule has 2 aromatic rings. The van der Waals surface area contributed by atoms with Crippen molar-refractivity contribution in [2.45, 2.75) is 26.5 Å². The quantitative estimate of drug-likeness (QED) is 0.791. The van der Waals surface area contributed by atoms with Crippen LogP contribution in [0.2, 0.25) is 0 Å². The predicted octanol–water partition coefficient (Wildman–Crippen LogP) is 2.51. The highest BCUT2D eigenvalue weighted by molar-refractivity contribution is 6.23. The first-order valence-electron chi connectivity index (χ1n) is 8.48. The summed E-state index contributed by atoms with van der Waals surface area (Å²) in [5.74, 6) is -2.10. The van der Waals surface area contributed by atoms with Crippen molar-refractivity contribution in [2.24, 2.45) is 11.7 Å². The minimum atomic E-state index is -1.01. The van der Waals surface area contributed by atoms with Gasteiger partial charge >= 0.3 is 0 Å². The number of benzene rings is 2. The Labute approximate surface area is 155 Å². The summed E-state index contributed by atoms with van der Waals surface area (Å²) in [7, 11) is 0. The van der Waals surface area contributed by atoms with Gasteiger partial charge in [-0.25, -0.2) is 4.39 Å². The molecule has 0 bridgehead atoms. The van der Waals surface area contributed by atoms with E-state index in [9.17, 15) is 18.8 Å². The standard InChI is InChI=1S/C20H19FN2O4/c1-11(2)17(18(22)24)23-19(25)15-8-7-14(9-16(15)20(23)26)27-10-12-3-5-13(21)6-4-12/h3-9,11,17H,10H2,1-2H3,(H2,22,24). The summed E-state index contributed by atoms with van der Waals surface area (Å²) in [6.07, 6.45) is 0. The Morgan fingerprint density at radius 1 is 1.07 bits per heavy atom. The van der Waals surface area contributed by atoms with Gasteiger partial charge < -0.3 is 10.5 Å². The number of amides is 3. The van der Waals surface area contributed by atoms with Gasteiger partial charge in [-0.2, -0.15) is 0 Å². The molecule has 6 nitrogen and oxygen atoms in total. The zero-order valence-electron chi connectivity index (χ0n) is 14.9. The Morgan fingerprint density at radius 2 is 1.70 bits per heavy atom. The summed E-state index contributed by atoms with van der Waals surface area (Å²) in [6, 6.07) is 9.38. The summed E-state index contributed by atoms with van der Waals surface area (Å²) in [5, 5.41) is 0. The van der Waals surface area contributed by atoms with Gasteiger partial charge in [-0.05, 0) is 41.8 Å². The summed E-state index contributed by atoms with van der Waals surface area (Å²) in [6.45, 7) is 3.62. The maximum absolute atomic E-state index is 12.9. The second-order valence-electron chi connectivity index (χ2n) is 6.69. The average Bonchev–Trinajstić information content (AvgIpc) is 2.86. The number of carbonyl (C=O) groups excluding carboxylic acids is 3. The van der Waals surface area contributed by atoms with Crippen molar-refractivity contribution in [3.05, 3.63) is 65.0 Å². The molecule has 1 aliphatic heterocycles. The van der Waals surface area contributed by atoms with Crippen LogP contribution >= 0.6 is 0 Å². The van der Waals surface area contributed by atoms with E-state index >= 15 is 0 Å². The van der Waals surface area contributed by atoms with E-state index in [1.165, 1.54) is 24.3 Å². The number of nitrogens with zero attached hydrogens (tertiary/aromatic N) is 1. The van der Waals surface area contributed by atoms with Crippen molar-refractivity contribution in [3.63, 3.8) is 0 Å². The van der Waals surface area contributed by atoms with E-state index in [0.717, 1.165) is 10.5 Å². The minimum Gasteiger partial charge on any atom is -0.489 e. The molecule has 27 heavy (non-hydrogen) atoms. The van der Waals surface area contributed by atoms with Gasteiger partial charge in [0, 0.05) is 0 Å². The number of ether oxygens (including phenoxy) is 1. The van der Waals surface area contributed by atoms with Gasteiger partial charge in [-0.1, -0.05) is 26.0 Å². The number of hydrogen-bond acceptors (Lipinski definition) is 4. The van der Waals surface area contributed by atoms with Crippen molar-refractivity contribution in [2.75, 3.05) is 0 Å². The smallest absolute Gasteiger partial charge is 0.262 e. The molecule has 0 aromatic heterocycles. The van der Waals surface area contributed by atoms with Crippen LogP contribution in [0, 0.1) is 11.7 Å². The van der Waals surface area contributed by atoms with Gasteiger partial charge in [0.15, 0.2) is 0 Å². The molecule has 1 unspecified atom stereocenters. The summed E-state index contributed by atoms with van der Waals surface area (Å²) >= 11 is 0. The van der Waals surface area contributed by atoms with E-state index in [-0.39, 0.29) is 29.5 Å². The molecule has 2 aromatic carbocycles. The van der Waals surface area contributed by atoms with Crippen molar-refractivity contribution < 1.29 is 23.5 Å². The monoisotopic (exact) mass is 370 g/mol. The number of imide groups is 1. The summed E-state index contributed by atoms with van der Waals surface area (Å²) < 4.78 is 18.6. The van der Waals surface area contributed by atoms with Gasteiger partial charge in [0.2, 0.25) is 5.91 Å². The zero-order chi connectivity index (χ0) is 19.7. The van der Waals surface area contributed by atoms with E-state index in [0.29, 0.717) is 5.75 Å². The highest BCUT2D eigenvalue weighted by Gasteiger charge is 2.43. The van der Waals surface area contributed by atoms with Crippen LogP contribution in [0.3, 0.4) is 0 Å². The lowest BCUT2D eigenvalue weighted by molar-refractivity contribution is -0.123. The first-order valence-corrected chi connectivity index (χ1v) is 8.48. The number of rotatable bonds is 6. The van der Waals surface area contributed by atoms with Crippen molar-refractivity contribution in [3.8, 4) is 5.75 Å². The third kappa shape index (κ3) is 3.53. The van der Waals surface area contributed by atoms with Crippen LogP contribution in [-0.2, 0) is 11.4 Å². The fraction of sp³-hybridized carbons (Fsp3) is 0.250. The van der Waals surface area contributed by atoms with Gasteiger partial charge in [0.1, 0.15) is 24.2 Å². The normalized spacial score (nSPS) is 14.4. The van der Waals surface area contributed by atoms with Crippen LogP contribution in [0.15, 0.2) is 42.5 Å². The second-order valence-corrected chi connectivity index (χ2v) is 6.69. The molecule has 0 radical (unpaired) electrons. The number of hydrogen-bond donors (Lipinski definition) is 1. The largest absolute Gasteiger partial charge is 0.489 e. The Bertz CT molecular complexity index is 909. The number of halogens is 1. The van der Waals surface area contributed by atoms with E-state index in [1.54, 1.807) is 32.0 Å². The fourth-order valence-electron chi connectivity index (χ4n) is 3.08. The Morgan fingerprint density at radius 3 is 2.30 bits per heavy atom. The molecule has 7 heteroatoms. The summed E-state index contributed by atoms with van der Waals surface area (Å²) in [4.78, 5) is 38.0. The van der Waals surface area contributed by atoms with E-state index in [1.807, 2.05) is 0 Å². The predicted molar refractivity (Wildman–Crippen MR) is 95.5 cm³/mol. The molecule has 3 amide bonds. The Balaban J connectivity index is 1.82. The van der Waals surface area contributed by atoms with Crippen LogP contribution in [0.25, 0.3) is 0 Å². The lowest BCUT2D eigenvalue weighted by Crippen LogP contribution is -2.50. The molecule has 0 saturated carbocycles. The van der Waals surface area contributed by atoms with Crippen LogP contribution in [0.4, 0.5) is 4.39 Å². The van der Waals surface area contributed by atoms with Crippen LogP contribution in [-0.4, -0.2) is 28.7 Å². The molecule has 0 fully saturated rings. The van der Waals surface area contributed by atoms with Crippen LogP contribution in [0.5, 0.6) is 5.75 Å². The van der Waals surface area contributed by atoms with E-state index in [2.05, 4.69) is 0 Å². The molecule has 1 atom stereocenters. The molecular weight excluding hydrogens is 351 g/mol. The van der Waals surface area contributed by atoms with Gasteiger partial charge in [0.25, 0.3) is 11.8 Å². The number of fused-ring (bicyclic) bond motifs is 1. The molecule has 0 saturated heterocycles. The highest BCUT2D eigenvalue weighted by atomic mass is 19.1. The van der Waals surface area contributed by atoms with Crippen LogP contribution in [0.1, 0.15) is 40.1 Å². The highest BCUT2D eigenvalue weighted by Crippen LogP contribution is 2.30. The molecule has 3 rings (SSSR count). The molecular formula is C20H19FN2O4. The van der Waals surface area contributed by atoms with Crippen molar-refractivity contribution in [1.82, 2.24) is 4.90 Å². The third-order valence-corrected chi connectivity index (χ3v) is 4.41. The maximum atomic E-state index is 12.9. The molecule has 2 N–H and O–H groups in total. The molecule has 0 aliphatic carbocycles. The SMILES string of the molecule is CC(C)C(C(N)=O)N1C(=O)c2ccc(OCc3ccc(F)cc3)cc2C1=O. The molecule has 0 spiro atoms.